The van der Waals surface area contributed by atoms with Crippen molar-refractivity contribution in [1.29, 1.82) is 5.26 Å². The van der Waals surface area contributed by atoms with E-state index in [0.29, 0.717) is 5.41 Å². The van der Waals surface area contributed by atoms with Crippen LogP contribution in [0.2, 0.25) is 0 Å². The molecule has 0 radical (unpaired) electrons. The SMILES string of the molecule is CC(C)(C)C1CCC(C#N)(Cc2cccc(Br)c2)CC1. The summed E-state index contributed by atoms with van der Waals surface area (Å²) in [5.74, 6) is 0.756. The zero-order chi connectivity index (χ0) is 14.8. The van der Waals surface area contributed by atoms with Crippen LogP contribution in [-0.2, 0) is 6.42 Å². The lowest BCUT2D eigenvalue weighted by Crippen LogP contribution is -2.33. The maximum absolute atomic E-state index is 9.70. The van der Waals surface area contributed by atoms with E-state index in [2.05, 4.69) is 61.0 Å². The quantitative estimate of drug-likeness (QED) is 0.677. The van der Waals surface area contributed by atoms with Crippen LogP contribution in [0.5, 0.6) is 0 Å². The minimum atomic E-state index is -0.150. The number of hydrogen-bond acceptors (Lipinski definition) is 1. The Labute approximate surface area is 131 Å². The van der Waals surface area contributed by atoms with Gasteiger partial charge in [-0.15, -0.1) is 0 Å². The Morgan fingerprint density at radius 2 is 1.95 bits per heavy atom. The molecule has 0 unspecified atom stereocenters. The van der Waals surface area contributed by atoms with Crippen LogP contribution in [0.25, 0.3) is 0 Å². The van der Waals surface area contributed by atoms with Crippen molar-refractivity contribution in [3.05, 3.63) is 34.3 Å². The Hall–Kier alpha value is -0.810. The van der Waals surface area contributed by atoms with Gasteiger partial charge in [-0.1, -0.05) is 48.8 Å². The highest BCUT2D eigenvalue weighted by molar-refractivity contribution is 9.10. The maximum Gasteiger partial charge on any atom is 0.0693 e. The summed E-state index contributed by atoms with van der Waals surface area (Å²) in [6.07, 6.45) is 5.34. The highest BCUT2D eigenvalue weighted by Gasteiger charge is 2.38. The molecule has 2 rings (SSSR count). The summed E-state index contributed by atoms with van der Waals surface area (Å²) in [6.45, 7) is 6.97. The zero-order valence-electron chi connectivity index (χ0n) is 12.7. The van der Waals surface area contributed by atoms with Crippen molar-refractivity contribution in [2.75, 3.05) is 0 Å². The van der Waals surface area contributed by atoms with Crippen molar-refractivity contribution in [3.8, 4) is 6.07 Å². The summed E-state index contributed by atoms with van der Waals surface area (Å²) in [7, 11) is 0. The van der Waals surface area contributed by atoms with E-state index in [1.54, 1.807) is 0 Å². The molecule has 1 aromatic carbocycles. The molecular weight excluding hydrogens is 310 g/mol. The maximum atomic E-state index is 9.70. The minimum Gasteiger partial charge on any atom is -0.198 e. The standard InChI is InChI=1S/C18H24BrN/c1-17(2,3)15-7-9-18(13-20,10-8-15)12-14-5-4-6-16(19)11-14/h4-6,11,15H,7-10,12H2,1-3H3. The van der Waals surface area contributed by atoms with E-state index in [4.69, 9.17) is 0 Å². The van der Waals surface area contributed by atoms with Crippen LogP contribution in [0, 0.1) is 28.1 Å². The van der Waals surface area contributed by atoms with Gasteiger partial charge in [-0.05, 0) is 61.1 Å². The lowest BCUT2D eigenvalue weighted by Gasteiger charge is -2.40. The average molecular weight is 334 g/mol. The van der Waals surface area contributed by atoms with Gasteiger partial charge in [0.05, 0.1) is 11.5 Å². The van der Waals surface area contributed by atoms with Crippen LogP contribution < -0.4 is 0 Å². The normalized spacial score (nSPS) is 27.1. The van der Waals surface area contributed by atoms with E-state index in [-0.39, 0.29) is 5.41 Å². The number of halogens is 1. The van der Waals surface area contributed by atoms with Crippen LogP contribution in [-0.4, -0.2) is 0 Å². The summed E-state index contributed by atoms with van der Waals surface area (Å²) in [6, 6.07) is 11.0. The average Bonchev–Trinajstić information content (AvgIpc) is 2.38. The van der Waals surface area contributed by atoms with Crippen molar-refractivity contribution < 1.29 is 0 Å². The number of nitrogens with zero attached hydrogens (tertiary/aromatic N) is 1. The van der Waals surface area contributed by atoms with E-state index in [0.717, 1.165) is 29.7 Å². The van der Waals surface area contributed by atoms with Gasteiger partial charge in [0.1, 0.15) is 0 Å². The molecule has 0 heterocycles. The van der Waals surface area contributed by atoms with Gasteiger partial charge in [0.25, 0.3) is 0 Å². The predicted octanol–water partition coefficient (Wildman–Crippen LogP) is 5.74. The monoisotopic (exact) mass is 333 g/mol. The molecular formula is C18H24BrN. The lowest BCUT2D eigenvalue weighted by atomic mass is 9.63. The Kier molecular flexibility index (Phi) is 4.59. The number of nitriles is 1. The third kappa shape index (κ3) is 3.64. The fourth-order valence-corrected chi connectivity index (χ4v) is 3.85. The smallest absolute Gasteiger partial charge is 0.0693 e. The summed E-state index contributed by atoms with van der Waals surface area (Å²) in [4.78, 5) is 0. The van der Waals surface area contributed by atoms with Gasteiger partial charge < -0.3 is 0 Å². The van der Waals surface area contributed by atoms with Gasteiger partial charge in [0.15, 0.2) is 0 Å². The largest absolute Gasteiger partial charge is 0.198 e. The van der Waals surface area contributed by atoms with E-state index >= 15 is 0 Å². The van der Waals surface area contributed by atoms with Gasteiger partial charge in [-0.25, -0.2) is 0 Å². The molecule has 0 N–H and O–H groups in total. The number of benzene rings is 1. The molecule has 108 valence electrons. The van der Waals surface area contributed by atoms with Gasteiger partial charge >= 0.3 is 0 Å². The van der Waals surface area contributed by atoms with Gasteiger partial charge in [0, 0.05) is 4.47 Å². The first-order valence-corrected chi connectivity index (χ1v) is 8.30. The fourth-order valence-electron chi connectivity index (χ4n) is 3.40. The number of hydrogen-bond donors (Lipinski definition) is 0. The molecule has 1 aliphatic carbocycles. The first kappa shape index (κ1) is 15.6. The Bertz CT molecular complexity index is 499. The zero-order valence-corrected chi connectivity index (χ0v) is 14.3. The summed E-state index contributed by atoms with van der Waals surface area (Å²) >= 11 is 3.52. The molecule has 1 saturated carbocycles. The van der Waals surface area contributed by atoms with Crippen molar-refractivity contribution in [2.45, 2.75) is 52.9 Å². The first-order valence-electron chi connectivity index (χ1n) is 7.50. The molecule has 20 heavy (non-hydrogen) atoms. The molecule has 0 atom stereocenters. The van der Waals surface area contributed by atoms with Crippen molar-refractivity contribution in [3.63, 3.8) is 0 Å². The molecule has 0 amide bonds. The van der Waals surface area contributed by atoms with E-state index < -0.39 is 0 Å². The first-order chi connectivity index (χ1) is 9.35. The Morgan fingerprint density at radius 1 is 1.30 bits per heavy atom. The molecule has 0 spiro atoms. The second-order valence-corrected chi connectivity index (χ2v) is 8.25. The predicted molar refractivity (Wildman–Crippen MR) is 87.3 cm³/mol. The highest BCUT2D eigenvalue weighted by Crippen LogP contribution is 2.46. The molecule has 1 fully saturated rings. The minimum absolute atomic E-state index is 0.150. The van der Waals surface area contributed by atoms with Crippen molar-refractivity contribution >= 4 is 15.9 Å². The molecule has 1 nitrogen and oxygen atoms in total. The van der Waals surface area contributed by atoms with Crippen molar-refractivity contribution in [2.24, 2.45) is 16.7 Å². The summed E-state index contributed by atoms with van der Waals surface area (Å²) < 4.78 is 1.10. The molecule has 0 aliphatic heterocycles. The Balaban J connectivity index is 2.08. The van der Waals surface area contributed by atoms with Gasteiger partial charge in [-0.3, -0.25) is 0 Å². The Morgan fingerprint density at radius 3 is 2.45 bits per heavy atom. The third-order valence-electron chi connectivity index (χ3n) is 4.84. The molecule has 1 aromatic rings. The van der Waals surface area contributed by atoms with Crippen LogP contribution in [0.15, 0.2) is 28.7 Å². The molecule has 0 saturated heterocycles. The summed E-state index contributed by atoms with van der Waals surface area (Å²) in [5, 5.41) is 9.70. The van der Waals surface area contributed by atoms with Crippen molar-refractivity contribution in [1.82, 2.24) is 0 Å². The van der Waals surface area contributed by atoms with E-state index in [1.807, 2.05) is 6.07 Å². The molecule has 0 bridgehead atoms. The lowest BCUT2D eigenvalue weighted by molar-refractivity contribution is 0.120. The van der Waals surface area contributed by atoms with Crippen LogP contribution in [0.4, 0.5) is 0 Å². The second kappa shape index (κ2) is 5.90. The summed E-state index contributed by atoms with van der Waals surface area (Å²) in [5.41, 5.74) is 1.50. The second-order valence-electron chi connectivity index (χ2n) is 7.34. The molecule has 1 aliphatic rings. The van der Waals surface area contributed by atoms with E-state index in [9.17, 15) is 5.26 Å². The topological polar surface area (TPSA) is 23.8 Å². The van der Waals surface area contributed by atoms with Gasteiger partial charge in [-0.2, -0.15) is 5.26 Å². The number of rotatable bonds is 2. The fraction of sp³-hybridized carbons (Fsp3) is 0.611. The van der Waals surface area contributed by atoms with Gasteiger partial charge in [0.2, 0.25) is 0 Å². The highest BCUT2D eigenvalue weighted by atomic mass is 79.9. The third-order valence-corrected chi connectivity index (χ3v) is 5.33. The van der Waals surface area contributed by atoms with Crippen LogP contribution >= 0.6 is 15.9 Å². The van der Waals surface area contributed by atoms with Crippen LogP contribution in [0.3, 0.4) is 0 Å². The molecule has 2 heteroatoms. The molecule has 0 aromatic heterocycles. The van der Waals surface area contributed by atoms with E-state index in [1.165, 1.54) is 18.4 Å². The van der Waals surface area contributed by atoms with Crippen LogP contribution in [0.1, 0.15) is 52.0 Å².